The summed E-state index contributed by atoms with van der Waals surface area (Å²) in [6.07, 6.45) is 7.26. The van der Waals surface area contributed by atoms with Crippen LogP contribution in [0.5, 0.6) is 0 Å². The first-order valence-corrected chi connectivity index (χ1v) is 8.51. The molecule has 0 aliphatic carbocycles. The standard InChI is InChI=1S/C17H34N2O/c1-5-7-9-14(6-2)12-19-16(20)17(3,4)15-10-8-11-18-13-15/h14-15,18H,5-13H2,1-4H3,(H,19,20). The first-order valence-electron chi connectivity index (χ1n) is 8.51. The van der Waals surface area contributed by atoms with Crippen LogP contribution in [0.25, 0.3) is 0 Å². The molecule has 0 radical (unpaired) electrons. The van der Waals surface area contributed by atoms with Crippen LogP contribution in [0, 0.1) is 17.3 Å². The van der Waals surface area contributed by atoms with E-state index in [1.165, 1.54) is 32.1 Å². The maximum atomic E-state index is 12.5. The quantitative estimate of drug-likeness (QED) is 0.717. The van der Waals surface area contributed by atoms with E-state index in [0.717, 1.165) is 26.1 Å². The van der Waals surface area contributed by atoms with Gasteiger partial charge in [0.05, 0.1) is 0 Å². The highest BCUT2D eigenvalue weighted by molar-refractivity contribution is 5.82. The van der Waals surface area contributed by atoms with Gasteiger partial charge in [-0.05, 0) is 44.2 Å². The molecule has 2 N–H and O–H groups in total. The van der Waals surface area contributed by atoms with Gasteiger partial charge >= 0.3 is 0 Å². The maximum absolute atomic E-state index is 12.5. The van der Waals surface area contributed by atoms with Crippen LogP contribution in [0.2, 0.25) is 0 Å². The molecule has 1 saturated heterocycles. The first kappa shape index (κ1) is 17.5. The van der Waals surface area contributed by atoms with Crippen LogP contribution in [0.1, 0.15) is 66.2 Å². The van der Waals surface area contributed by atoms with Crippen molar-refractivity contribution in [1.29, 1.82) is 0 Å². The molecule has 1 amide bonds. The Hall–Kier alpha value is -0.570. The van der Waals surface area contributed by atoms with Crippen molar-refractivity contribution in [2.24, 2.45) is 17.3 Å². The third-order valence-electron chi connectivity index (χ3n) is 5.00. The Morgan fingerprint density at radius 3 is 2.70 bits per heavy atom. The van der Waals surface area contributed by atoms with E-state index in [9.17, 15) is 4.79 Å². The molecule has 20 heavy (non-hydrogen) atoms. The zero-order chi connectivity index (χ0) is 15.0. The summed E-state index contributed by atoms with van der Waals surface area (Å²) in [4.78, 5) is 12.5. The minimum atomic E-state index is -0.254. The Kier molecular flexibility index (Phi) is 7.57. The maximum Gasteiger partial charge on any atom is 0.225 e. The minimum absolute atomic E-state index is 0.237. The predicted molar refractivity (Wildman–Crippen MR) is 85.7 cm³/mol. The van der Waals surface area contributed by atoms with E-state index < -0.39 is 0 Å². The van der Waals surface area contributed by atoms with E-state index in [0.29, 0.717) is 11.8 Å². The average Bonchev–Trinajstić information content (AvgIpc) is 2.48. The van der Waals surface area contributed by atoms with Crippen molar-refractivity contribution in [2.45, 2.75) is 66.2 Å². The lowest BCUT2D eigenvalue weighted by atomic mass is 9.74. The van der Waals surface area contributed by atoms with Gasteiger partial charge in [-0.25, -0.2) is 0 Å². The van der Waals surface area contributed by atoms with Gasteiger partial charge in [0.1, 0.15) is 0 Å². The van der Waals surface area contributed by atoms with Crippen LogP contribution < -0.4 is 10.6 Å². The van der Waals surface area contributed by atoms with Crippen molar-refractivity contribution in [3.05, 3.63) is 0 Å². The van der Waals surface area contributed by atoms with E-state index in [4.69, 9.17) is 0 Å². The fourth-order valence-corrected chi connectivity index (χ4v) is 3.06. The predicted octanol–water partition coefficient (Wildman–Crippen LogP) is 3.34. The highest BCUT2D eigenvalue weighted by Gasteiger charge is 2.37. The Balaban J connectivity index is 2.42. The molecule has 2 unspecified atom stereocenters. The molecule has 3 nitrogen and oxygen atoms in total. The van der Waals surface area contributed by atoms with Gasteiger partial charge in [0, 0.05) is 12.0 Å². The van der Waals surface area contributed by atoms with Gasteiger partial charge in [-0.15, -0.1) is 0 Å². The molecule has 2 atom stereocenters. The van der Waals surface area contributed by atoms with Crippen molar-refractivity contribution in [3.8, 4) is 0 Å². The fourth-order valence-electron chi connectivity index (χ4n) is 3.06. The van der Waals surface area contributed by atoms with Crippen molar-refractivity contribution in [1.82, 2.24) is 10.6 Å². The number of piperidine rings is 1. The molecule has 0 aromatic carbocycles. The number of rotatable bonds is 8. The highest BCUT2D eigenvalue weighted by Crippen LogP contribution is 2.32. The summed E-state index contributed by atoms with van der Waals surface area (Å²) < 4.78 is 0. The summed E-state index contributed by atoms with van der Waals surface area (Å²) in [5, 5.41) is 6.63. The van der Waals surface area contributed by atoms with Crippen molar-refractivity contribution >= 4 is 5.91 Å². The summed E-state index contributed by atoms with van der Waals surface area (Å²) in [6, 6.07) is 0. The smallest absolute Gasteiger partial charge is 0.225 e. The molecule has 1 heterocycles. The lowest BCUT2D eigenvalue weighted by Gasteiger charge is -2.36. The molecular weight excluding hydrogens is 248 g/mol. The lowest BCUT2D eigenvalue weighted by Crippen LogP contribution is -2.48. The van der Waals surface area contributed by atoms with E-state index >= 15 is 0 Å². The Morgan fingerprint density at radius 2 is 2.15 bits per heavy atom. The number of carbonyl (C=O) groups is 1. The van der Waals surface area contributed by atoms with Gasteiger partial charge in [0.2, 0.25) is 5.91 Å². The summed E-state index contributed by atoms with van der Waals surface area (Å²) in [6.45, 7) is 11.6. The number of hydrogen-bond donors (Lipinski definition) is 2. The van der Waals surface area contributed by atoms with Gasteiger partial charge in [-0.2, -0.15) is 0 Å². The molecule has 0 bridgehead atoms. The van der Waals surface area contributed by atoms with Crippen LogP contribution in [0.4, 0.5) is 0 Å². The van der Waals surface area contributed by atoms with Gasteiger partial charge in [-0.1, -0.05) is 47.0 Å². The number of nitrogens with one attached hydrogen (secondary N) is 2. The van der Waals surface area contributed by atoms with Gasteiger partial charge in [-0.3, -0.25) is 4.79 Å². The first-order chi connectivity index (χ1) is 9.52. The molecule has 1 fully saturated rings. The zero-order valence-electron chi connectivity index (χ0n) is 13.9. The molecule has 1 rings (SSSR count). The molecule has 3 heteroatoms. The van der Waals surface area contributed by atoms with Gasteiger partial charge < -0.3 is 10.6 Å². The molecular formula is C17H34N2O. The van der Waals surface area contributed by atoms with Crippen LogP contribution in [0.15, 0.2) is 0 Å². The largest absolute Gasteiger partial charge is 0.355 e. The van der Waals surface area contributed by atoms with Crippen molar-refractivity contribution in [2.75, 3.05) is 19.6 Å². The molecule has 1 aliphatic heterocycles. The van der Waals surface area contributed by atoms with E-state index in [1.54, 1.807) is 0 Å². The van der Waals surface area contributed by atoms with Crippen LogP contribution >= 0.6 is 0 Å². The monoisotopic (exact) mass is 282 g/mol. The topological polar surface area (TPSA) is 41.1 Å². The van der Waals surface area contributed by atoms with Gasteiger partial charge in [0.25, 0.3) is 0 Å². The average molecular weight is 282 g/mol. The number of carbonyl (C=O) groups excluding carboxylic acids is 1. The minimum Gasteiger partial charge on any atom is -0.355 e. The van der Waals surface area contributed by atoms with E-state index in [-0.39, 0.29) is 11.3 Å². The van der Waals surface area contributed by atoms with Crippen LogP contribution in [0.3, 0.4) is 0 Å². The third kappa shape index (κ3) is 5.08. The lowest BCUT2D eigenvalue weighted by molar-refractivity contribution is -0.132. The number of hydrogen-bond acceptors (Lipinski definition) is 2. The Labute approximate surface area is 125 Å². The molecule has 118 valence electrons. The summed E-state index contributed by atoms with van der Waals surface area (Å²) in [5.74, 6) is 1.34. The second kappa shape index (κ2) is 8.66. The zero-order valence-corrected chi connectivity index (χ0v) is 13.9. The SMILES string of the molecule is CCCCC(CC)CNC(=O)C(C)(C)C1CCCNC1. The second-order valence-corrected chi connectivity index (χ2v) is 6.89. The molecule has 0 spiro atoms. The number of unbranched alkanes of at least 4 members (excludes halogenated alkanes) is 1. The van der Waals surface area contributed by atoms with E-state index in [2.05, 4.69) is 38.3 Å². The van der Waals surface area contributed by atoms with Crippen molar-refractivity contribution in [3.63, 3.8) is 0 Å². The molecule has 0 aromatic rings. The van der Waals surface area contributed by atoms with Gasteiger partial charge in [0.15, 0.2) is 0 Å². The second-order valence-electron chi connectivity index (χ2n) is 6.89. The molecule has 0 saturated carbocycles. The fraction of sp³-hybridized carbons (Fsp3) is 0.941. The summed E-state index contributed by atoms with van der Waals surface area (Å²) in [7, 11) is 0. The number of amides is 1. The summed E-state index contributed by atoms with van der Waals surface area (Å²) >= 11 is 0. The normalized spacial score (nSPS) is 21.5. The van der Waals surface area contributed by atoms with E-state index in [1.807, 2.05) is 0 Å². The van der Waals surface area contributed by atoms with Crippen LogP contribution in [-0.4, -0.2) is 25.5 Å². The Bertz CT molecular complexity index is 283. The Morgan fingerprint density at radius 1 is 1.40 bits per heavy atom. The highest BCUT2D eigenvalue weighted by atomic mass is 16.2. The van der Waals surface area contributed by atoms with Crippen molar-refractivity contribution < 1.29 is 4.79 Å². The molecule has 0 aromatic heterocycles. The summed E-state index contributed by atoms with van der Waals surface area (Å²) in [5.41, 5.74) is -0.254. The third-order valence-corrected chi connectivity index (χ3v) is 5.00. The van der Waals surface area contributed by atoms with Crippen LogP contribution in [-0.2, 0) is 4.79 Å². The molecule has 1 aliphatic rings.